The first-order chi connectivity index (χ1) is 7.19. The van der Waals surface area contributed by atoms with Crippen molar-refractivity contribution in [1.29, 1.82) is 0 Å². The Morgan fingerprint density at radius 1 is 1.38 bits per heavy atom. The third kappa shape index (κ3) is 3.91. The molecule has 0 radical (unpaired) electrons. The molecule has 4 heteroatoms. The zero-order valence-electron chi connectivity index (χ0n) is 9.50. The van der Waals surface area contributed by atoms with Crippen LogP contribution < -0.4 is 5.32 Å². The van der Waals surface area contributed by atoms with Crippen molar-refractivity contribution >= 4 is 18.2 Å². The summed E-state index contributed by atoms with van der Waals surface area (Å²) in [5.41, 5.74) is 0.559. The SMILES string of the molecule is CCCC(NC)C(=O)c1ccc(F)cc1.Cl. The molecule has 0 aliphatic rings. The van der Waals surface area contributed by atoms with Gasteiger partial charge in [-0.25, -0.2) is 4.39 Å². The largest absolute Gasteiger partial charge is 0.310 e. The Kier molecular flexibility index (Phi) is 6.93. The van der Waals surface area contributed by atoms with Gasteiger partial charge in [-0.2, -0.15) is 0 Å². The summed E-state index contributed by atoms with van der Waals surface area (Å²) < 4.78 is 12.7. The van der Waals surface area contributed by atoms with Gasteiger partial charge in [0.05, 0.1) is 6.04 Å². The summed E-state index contributed by atoms with van der Waals surface area (Å²) in [5, 5.41) is 2.97. The van der Waals surface area contributed by atoms with Gasteiger partial charge in [0.2, 0.25) is 0 Å². The number of nitrogens with one attached hydrogen (secondary N) is 1. The Balaban J connectivity index is 0.00000225. The second-order valence-corrected chi connectivity index (χ2v) is 3.50. The summed E-state index contributed by atoms with van der Waals surface area (Å²) in [7, 11) is 1.77. The number of Topliss-reactive ketones (excluding diaryl/α,β-unsaturated/α-hetero) is 1. The van der Waals surface area contributed by atoms with Gasteiger partial charge in [-0.3, -0.25) is 4.79 Å². The highest BCUT2D eigenvalue weighted by Gasteiger charge is 2.16. The van der Waals surface area contributed by atoms with E-state index in [-0.39, 0.29) is 30.0 Å². The van der Waals surface area contributed by atoms with Crippen molar-refractivity contribution in [3.05, 3.63) is 35.6 Å². The monoisotopic (exact) mass is 245 g/mol. The van der Waals surface area contributed by atoms with E-state index in [0.29, 0.717) is 5.56 Å². The molecule has 0 fully saturated rings. The standard InChI is InChI=1S/C12H16FNO.ClH/c1-3-4-11(14-2)12(15)9-5-7-10(13)8-6-9;/h5-8,11,14H,3-4H2,1-2H3;1H. The summed E-state index contributed by atoms with van der Waals surface area (Å²) in [6.07, 6.45) is 1.74. The van der Waals surface area contributed by atoms with Crippen molar-refractivity contribution < 1.29 is 9.18 Å². The quantitative estimate of drug-likeness (QED) is 0.809. The van der Waals surface area contributed by atoms with E-state index in [1.54, 1.807) is 7.05 Å². The number of rotatable bonds is 5. The van der Waals surface area contributed by atoms with Crippen molar-refractivity contribution in [2.24, 2.45) is 0 Å². The van der Waals surface area contributed by atoms with E-state index < -0.39 is 0 Å². The fraction of sp³-hybridized carbons (Fsp3) is 0.417. The van der Waals surface area contributed by atoms with Gasteiger partial charge in [-0.05, 0) is 37.7 Å². The van der Waals surface area contributed by atoms with Crippen molar-refractivity contribution in [2.45, 2.75) is 25.8 Å². The number of ketones is 1. The van der Waals surface area contributed by atoms with Crippen molar-refractivity contribution in [2.75, 3.05) is 7.05 Å². The topological polar surface area (TPSA) is 29.1 Å². The normalized spacial score (nSPS) is 11.7. The summed E-state index contributed by atoms with van der Waals surface area (Å²) in [6, 6.07) is 5.51. The minimum atomic E-state index is -0.317. The Morgan fingerprint density at radius 2 is 1.94 bits per heavy atom. The molecule has 0 bridgehead atoms. The Bertz CT molecular complexity index is 326. The van der Waals surface area contributed by atoms with Crippen LogP contribution >= 0.6 is 12.4 Å². The van der Waals surface area contributed by atoms with Crippen molar-refractivity contribution in [3.63, 3.8) is 0 Å². The first-order valence-electron chi connectivity index (χ1n) is 5.16. The van der Waals surface area contributed by atoms with Crippen molar-refractivity contribution in [1.82, 2.24) is 5.32 Å². The fourth-order valence-electron chi connectivity index (χ4n) is 1.51. The van der Waals surface area contributed by atoms with Crippen LogP contribution in [-0.4, -0.2) is 18.9 Å². The predicted molar refractivity (Wildman–Crippen MR) is 65.7 cm³/mol. The minimum absolute atomic E-state index is 0. The van der Waals surface area contributed by atoms with E-state index in [0.717, 1.165) is 12.8 Å². The van der Waals surface area contributed by atoms with E-state index in [4.69, 9.17) is 0 Å². The Morgan fingerprint density at radius 3 is 2.38 bits per heavy atom. The van der Waals surface area contributed by atoms with Crippen LogP contribution in [0.4, 0.5) is 4.39 Å². The molecule has 1 N–H and O–H groups in total. The average Bonchev–Trinajstić information content (AvgIpc) is 2.26. The summed E-state index contributed by atoms with van der Waals surface area (Å²) in [4.78, 5) is 11.9. The molecular formula is C12H17ClFNO. The van der Waals surface area contributed by atoms with Gasteiger partial charge in [0, 0.05) is 5.56 Å². The summed E-state index contributed by atoms with van der Waals surface area (Å²) >= 11 is 0. The molecule has 0 saturated carbocycles. The maximum atomic E-state index is 12.7. The first kappa shape index (κ1) is 15.1. The zero-order valence-corrected chi connectivity index (χ0v) is 10.3. The van der Waals surface area contributed by atoms with Gasteiger partial charge in [0.1, 0.15) is 5.82 Å². The van der Waals surface area contributed by atoms with E-state index in [9.17, 15) is 9.18 Å². The number of halogens is 2. The molecule has 0 aromatic heterocycles. The molecule has 0 heterocycles. The van der Waals surface area contributed by atoms with Crippen LogP contribution in [0, 0.1) is 5.82 Å². The van der Waals surface area contributed by atoms with Gasteiger partial charge < -0.3 is 5.32 Å². The molecule has 0 aliphatic carbocycles. The molecule has 0 saturated heterocycles. The molecule has 1 rings (SSSR count). The molecular weight excluding hydrogens is 229 g/mol. The predicted octanol–water partition coefficient (Wildman–Crippen LogP) is 2.82. The van der Waals surface area contributed by atoms with Gasteiger partial charge in [-0.1, -0.05) is 13.3 Å². The van der Waals surface area contributed by atoms with Crippen LogP contribution in [0.15, 0.2) is 24.3 Å². The molecule has 0 aliphatic heterocycles. The summed E-state index contributed by atoms with van der Waals surface area (Å²) in [5.74, 6) is -0.289. The first-order valence-corrected chi connectivity index (χ1v) is 5.16. The van der Waals surface area contributed by atoms with E-state index >= 15 is 0 Å². The molecule has 0 amide bonds. The number of hydrogen-bond donors (Lipinski definition) is 1. The third-order valence-electron chi connectivity index (χ3n) is 2.37. The number of hydrogen-bond acceptors (Lipinski definition) is 2. The lowest BCUT2D eigenvalue weighted by Gasteiger charge is -2.13. The average molecular weight is 246 g/mol. The molecule has 2 nitrogen and oxygen atoms in total. The van der Waals surface area contributed by atoms with Gasteiger partial charge in [0.15, 0.2) is 5.78 Å². The number of benzene rings is 1. The van der Waals surface area contributed by atoms with Gasteiger partial charge >= 0.3 is 0 Å². The van der Waals surface area contributed by atoms with Crippen LogP contribution in [0.5, 0.6) is 0 Å². The zero-order chi connectivity index (χ0) is 11.3. The van der Waals surface area contributed by atoms with Crippen LogP contribution in [0.25, 0.3) is 0 Å². The smallest absolute Gasteiger partial charge is 0.179 e. The molecule has 1 unspecified atom stereocenters. The maximum Gasteiger partial charge on any atom is 0.179 e. The molecule has 16 heavy (non-hydrogen) atoms. The highest BCUT2D eigenvalue weighted by Crippen LogP contribution is 2.09. The molecule has 0 spiro atoms. The molecule has 1 aromatic rings. The van der Waals surface area contributed by atoms with E-state index in [1.807, 2.05) is 6.92 Å². The number of carbonyl (C=O) groups is 1. The van der Waals surface area contributed by atoms with Crippen LogP contribution in [0.1, 0.15) is 30.1 Å². The van der Waals surface area contributed by atoms with E-state index in [2.05, 4.69) is 5.32 Å². The van der Waals surface area contributed by atoms with E-state index in [1.165, 1.54) is 24.3 Å². The lowest BCUT2D eigenvalue weighted by molar-refractivity contribution is 0.0942. The van der Waals surface area contributed by atoms with Crippen LogP contribution in [-0.2, 0) is 0 Å². The maximum absolute atomic E-state index is 12.7. The van der Waals surface area contributed by atoms with Crippen LogP contribution in [0.2, 0.25) is 0 Å². The second-order valence-electron chi connectivity index (χ2n) is 3.50. The number of likely N-dealkylation sites (N-methyl/N-ethyl adjacent to an activating group) is 1. The molecule has 90 valence electrons. The Hall–Kier alpha value is -0.930. The van der Waals surface area contributed by atoms with Crippen molar-refractivity contribution in [3.8, 4) is 0 Å². The highest BCUT2D eigenvalue weighted by atomic mass is 35.5. The third-order valence-corrected chi connectivity index (χ3v) is 2.37. The highest BCUT2D eigenvalue weighted by molar-refractivity contribution is 6.00. The second kappa shape index (κ2) is 7.36. The molecule has 1 atom stereocenters. The lowest BCUT2D eigenvalue weighted by atomic mass is 10.0. The van der Waals surface area contributed by atoms with Crippen LogP contribution in [0.3, 0.4) is 0 Å². The fourth-order valence-corrected chi connectivity index (χ4v) is 1.51. The lowest BCUT2D eigenvalue weighted by Crippen LogP contribution is -2.33. The Labute approximate surface area is 102 Å². The number of carbonyl (C=O) groups excluding carboxylic acids is 1. The molecule has 1 aromatic carbocycles. The summed E-state index contributed by atoms with van der Waals surface area (Å²) in [6.45, 7) is 2.03. The minimum Gasteiger partial charge on any atom is -0.310 e. The van der Waals surface area contributed by atoms with Gasteiger partial charge in [-0.15, -0.1) is 12.4 Å². The van der Waals surface area contributed by atoms with Gasteiger partial charge in [0.25, 0.3) is 0 Å².